The van der Waals surface area contributed by atoms with E-state index in [0.717, 1.165) is 50.3 Å². The Kier molecular flexibility index (Phi) is 4.72. The van der Waals surface area contributed by atoms with Crippen LogP contribution < -0.4 is 0 Å². The highest BCUT2D eigenvalue weighted by atomic mass is 16.5. The van der Waals surface area contributed by atoms with Gasteiger partial charge in [-0.15, -0.1) is 0 Å². The van der Waals surface area contributed by atoms with Crippen molar-refractivity contribution in [1.29, 1.82) is 0 Å². The van der Waals surface area contributed by atoms with Gasteiger partial charge in [0.25, 0.3) is 5.91 Å². The number of carbonyl (C=O) groups excluding carboxylic acids is 1. The molecule has 1 amide bonds. The fraction of sp³-hybridized carbons (Fsp3) is 0.600. The van der Waals surface area contributed by atoms with E-state index >= 15 is 0 Å². The number of likely N-dealkylation sites (tertiary alicyclic amines) is 2. The first-order valence-electron chi connectivity index (χ1n) is 9.70. The minimum Gasteiger partial charge on any atom is -0.339 e. The molecule has 7 heteroatoms. The molecule has 1 unspecified atom stereocenters. The lowest BCUT2D eigenvalue weighted by molar-refractivity contribution is 0.0593. The topological polar surface area (TPSA) is 75.4 Å². The first-order chi connectivity index (χ1) is 13.0. The molecule has 1 spiro atoms. The Hall–Kier alpha value is -2.28. The van der Waals surface area contributed by atoms with Gasteiger partial charge in [-0.3, -0.25) is 14.7 Å². The number of carbonyl (C=O) groups is 1. The molecule has 144 valence electrons. The SMILES string of the molecule is CC(C)c1nc(C2CC3(CCN(C(=O)c4ccncc4)CC3)CN2C)no1. The third-order valence-electron chi connectivity index (χ3n) is 6.03. The van der Waals surface area contributed by atoms with Crippen LogP contribution in [0.5, 0.6) is 0 Å². The van der Waals surface area contributed by atoms with Crippen LogP contribution in [0.2, 0.25) is 0 Å². The van der Waals surface area contributed by atoms with Crippen molar-refractivity contribution in [3.05, 3.63) is 41.8 Å². The molecular weight excluding hydrogens is 342 g/mol. The zero-order chi connectivity index (χ0) is 19.0. The van der Waals surface area contributed by atoms with Crippen LogP contribution in [0.15, 0.2) is 29.0 Å². The summed E-state index contributed by atoms with van der Waals surface area (Å²) >= 11 is 0. The van der Waals surface area contributed by atoms with Crippen molar-refractivity contribution in [3.8, 4) is 0 Å². The predicted molar refractivity (Wildman–Crippen MR) is 100 cm³/mol. The van der Waals surface area contributed by atoms with E-state index in [9.17, 15) is 4.79 Å². The zero-order valence-corrected chi connectivity index (χ0v) is 16.3. The van der Waals surface area contributed by atoms with Crippen molar-refractivity contribution in [2.75, 3.05) is 26.7 Å². The second-order valence-corrected chi connectivity index (χ2v) is 8.31. The van der Waals surface area contributed by atoms with Crippen LogP contribution in [0, 0.1) is 5.41 Å². The van der Waals surface area contributed by atoms with E-state index in [0.29, 0.717) is 5.89 Å². The number of pyridine rings is 1. The average Bonchev–Trinajstić information content (AvgIpc) is 3.28. The van der Waals surface area contributed by atoms with Gasteiger partial charge in [0.05, 0.1) is 6.04 Å². The van der Waals surface area contributed by atoms with E-state index in [1.54, 1.807) is 24.5 Å². The number of hydrogen-bond acceptors (Lipinski definition) is 6. The lowest BCUT2D eigenvalue weighted by atomic mass is 9.76. The normalized spacial score (nSPS) is 22.7. The standard InChI is InChI=1S/C20H27N5O2/c1-14(2)18-22-17(23-27-18)16-12-20(13-24(16)3)6-10-25(11-7-20)19(26)15-4-8-21-9-5-15/h4-5,8-9,14,16H,6-7,10-13H2,1-3H3. The lowest BCUT2D eigenvalue weighted by Crippen LogP contribution is -2.44. The largest absolute Gasteiger partial charge is 0.339 e. The molecule has 2 saturated heterocycles. The molecule has 1 atom stereocenters. The van der Waals surface area contributed by atoms with Crippen molar-refractivity contribution < 1.29 is 9.32 Å². The van der Waals surface area contributed by atoms with Gasteiger partial charge in [0.1, 0.15) is 0 Å². The minimum atomic E-state index is 0.106. The molecule has 0 bridgehead atoms. The van der Waals surface area contributed by atoms with E-state index in [2.05, 4.69) is 40.9 Å². The summed E-state index contributed by atoms with van der Waals surface area (Å²) in [6.45, 7) is 6.73. The monoisotopic (exact) mass is 369 g/mol. The molecule has 4 heterocycles. The third kappa shape index (κ3) is 3.48. The van der Waals surface area contributed by atoms with Gasteiger partial charge in [-0.25, -0.2) is 0 Å². The molecule has 0 N–H and O–H groups in total. The number of piperidine rings is 1. The highest BCUT2D eigenvalue weighted by Crippen LogP contribution is 2.47. The maximum Gasteiger partial charge on any atom is 0.253 e. The molecule has 2 aliphatic heterocycles. The molecule has 0 radical (unpaired) electrons. The number of hydrogen-bond donors (Lipinski definition) is 0. The van der Waals surface area contributed by atoms with Gasteiger partial charge in [0, 0.05) is 43.5 Å². The zero-order valence-electron chi connectivity index (χ0n) is 16.3. The molecule has 2 aromatic rings. The maximum atomic E-state index is 12.7. The van der Waals surface area contributed by atoms with E-state index in [1.807, 2.05) is 4.90 Å². The molecule has 7 nitrogen and oxygen atoms in total. The van der Waals surface area contributed by atoms with Crippen molar-refractivity contribution in [2.45, 2.75) is 45.1 Å². The Morgan fingerprint density at radius 3 is 2.59 bits per heavy atom. The number of aromatic nitrogens is 3. The highest BCUT2D eigenvalue weighted by molar-refractivity contribution is 5.94. The van der Waals surface area contributed by atoms with Gasteiger partial charge in [-0.1, -0.05) is 19.0 Å². The number of amides is 1. The van der Waals surface area contributed by atoms with Gasteiger partial charge in [-0.2, -0.15) is 4.98 Å². The summed E-state index contributed by atoms with van der Waals surface area (Å²) in [5.41, 5.74) is 0.947. The lowest BCUT2D eigenvalue weighted by Gasteiger charge is -2.39. The summed E-state index contributed by atoms with van der Waals surface area (Å²) < 4.78 is 5.41. The molecule has 0 aromatic carbocycles. The first kappa shape index (κ1) is 18.1. The Morgan fingerprint density at radius 2 is 1.96 bits per heavy atom. The van der Waals surface area contributed by atoms with E-state index < -0.39 is 0 Å². The smallest absolute Gasteiger partial charge is 0.253 e. The Labute approximate surface area is 159 Å². The van der Waals surface area contributed by atoms with Crippen LogP contribution in [-0.4, -0.2) is 57.5 Å². The Morgan fingerprint density at radius 1 is 1.26 bits per heavy atom. The van der Waals surface area contributed by atoms with Crippen molar-refractivity contribution in [2.24, 2.45) is 5.41 Å². The minimum absolute atomic E-state index is 0.106. The molecule has 4 rings (SSSR count). The summed E-state index contributed by atoms with van der Waals surface area (Å²) in [6, 6.07) is 3.77. The van der Waals surface area contributed by atoms with Crippen LogP contribution in [0.3, 0.4) is 0 Å². The van der Waals surface area contributed by atoms with Gasteiger partial charge in [-0.05, 0) is 43.9 Å². The van der Waals surface area contributed by atoms with E-state index in [4.69, 9.17) is 4.52 Å². The average molecular weight is 369 g/mol. The maximum absolute atomic E-state index is 12.7. The van der Waals surface area contributed by atoms with E-state index in [-0.39, 0.29) is 23.3 Å². The summed E-state index contributed by atoms with van der Waals surface area (Å²) in [5, 5.41) is 4.23. The van der Waals surface area contributed by atoms with E-state index in [1.165, 1.54) is 0 Å². The molecular formula is C20H27N5O2. The van der Waals surface area contributed by atoms with Crippen LogP contribution in [0.25, 0.3) is 0 Å². The van der Waals surface area contributed by atoms with Crippen molar-refractivity contribution >= 4 is 5.91 Å². The summed E-state index contributed by atoms with van der Waals surface area (Å²) in [5.74, 6) is 1.86. The molecule has 27 heavy (non-hydrogen) atoms. The van der Waals surface area contributed by atoms with Crippen LogP contribution >= 0.6 is 0 Å². The fourth-order valence-electron chi connectivity index (χ4n) is 4.40. The molecule has 2 fully saturated rings. The van der Waals surface area contributed by atoms with Crippen molar-refractivity contribution in [3.63, 3.8) is 0 Å². The van der Waals surface area contributed by atoms with Gasteiger partial charge in [0.2, 0.25) is 5.89 Å². The highest BCUT2D eigenvalue weighted by Gasteiger charge is 2.46. The number of rotatable bonds is 3. The second kappa shape index (κ2) is 7.03. The van der Waals surface area contributed by atoms with Crippen LogP contribution in [-0.2, 0) is 0 Å². The summed E-state index contributed by atoms with van der Waals surface area (Å²) in [4.78, 5) is 25.6. The van der Waals surface area contributed by atoms with Gasteiger partial charge in [0.15, 0.2) is 5.82 Å². The van der Waals surface area contributed by atoms with Gasteiger partial charge < -0.3 is 9.42 Å². The third-order valence-corrected chi connectivity index (χ3v) is 6.03. The molecule has 2 aromatic heterocycles. The fourth-order valence-corrected chi connectivity index (χ4v) is 4.40. The molecule has 2 aliphatic rings. The van der Waals surface area contributed by atoms with Gasteiger partial charge >= 0.3 is 0 Å². The summed E-state index contributed by atoms with van der Waals surface area (Å²) in [6.07, 6.45) is 6.40. The molecule has 0 aliphatic carbocycles. The first-order valence-corrected chi connectivity index (χ1v) is 9.70. The quantitative estimate of drug-likeness (QED) is 0.828. The predicted octanol–water partition coefficient (Wildman–Crippen LogP) is 2.89. The number of nitrogens with zero attached hydrogens (tertiary/aromatic N) is 5. The van der Waals surface area contributed by atoms with Crippen LogP contribution in [0.1, 0.15) is 67.1 Å². The summed E-state index contributed by atoms with van der Waals surface area (Å²) in [7, 11) is 2.14. The van der Waals surface area contributed by atoms with Crippen LogP contribution in [0.4, 0.5) is 0 Å². The molecule has 0 saturated carbocycles. The Balaban J connectivity index is 1.42. The second-order valence-electron chi connectivity index (χ2n) is 8.31. The van der Waals surface area contributed by atoms with Crippen molar-refractivity contribution in [1.82, 2.24) is 24.9 Å². The Bertz CT molecular complexity index is 796.